The first-order valence-electron chi connectivity index (χ1n) is 6.38. The first kappa shape index (κ1) is 14.2. The van der Waals surface area contributed by atoms with Crippen LogP contribution in [0.1, 0.15) is 51.3 Å². The standard InChI is InChI=1S/C15H26N2/c1-11-8-6-7-9-13(11)14(17-16)10-12(2)15(3,4)5/h6-9,12,14,17H,10,16H2,1-5H3. The van der Waals surface area contributed by atoms with Crippen molar-refractivity contribution in [1.29, 1.82) is 0 Å². The molecule has 0 fully saturated rings. The van der Waals surface area contributed by atoms with E-state index in [1.807, 2.05) is 0 Å². The first-order chi connectivity index (χ1) is 7.86. The molecule has 0 saturated heterocycles. The van der Waals surface area contributed by atoms with Crippen LogP contribution in [0.4, 0.5) is 0 Å². The van der Waals surface area contributed by atoms with Crippen LogP contribution in [0.3, 0.4) is 0 Å². The van der Waals surface area contributed by atoms with E-state index < -0.39 is 0 Å². The van der Waals surface area contributed by atoms with Crippen LogP contribution >= 0.6 is 0 Å². The molecular formula is C15H26N2. The third-order valence-electron chi connectivity index (χ3n) is 3.83. The molecule has 0 aromatic heterocycles. The third-order valence-corrected chi connectivity index (χ3v) is 3.83. The van der Waals surface area contributed by atoms with Gasteiger partial charge in [-0.2, -0.15) is 0 Å². The van der Waals surface area contributed by atoms with Crippen molar-refractivity contribution in [2.75, 3.05) is 0 Å². The molecule has 0 saturated carbocycles. The van der Waals surface area contributed by atoms with E-state index in [4.69, 9.17) is 5.84 Å². The van der Waals surface area contributed by atoms with Crippen molar-refractivity contribution in [1.82, 2.24) is 5.43 Å². The van der Waals surface area contributed by atoms with Gasteiger partial charge < -0.3 is 0 Å². The van der Waals surface area contributed by atoms with E-state index in [-0.39, 0.29) is 6.04 Å². The molecule has 0 bridgehead atoms. The van der Waals surface area contributed by atoms with Gasteiger partial charge in [0.15, 0.2) is 0 Å². The Bertz CT molecular complexity index is 352. The maximum absolute atomic E-state index is 5.72. The van der Waals surface area contributed by atoms with Crippen molar-refractivity contribution < 1.29 is 0 Å². The number of rotatable bonds is 4. The van der Waals surface area contributed by atoms with Crippen molar-refractivity contribution in [2.45, 2.75) is 47.1 Å². The smallest absolute Gasteiger partial charge is 0.0465 e. The van der Waals surface area contributed by atoms with Crippen LogP contribution in [-0.2, 0) is 0 Å². The largest absolute Gasteiger partial charge is 0.271 e. The second-order valence-corrected chi connectivity index (χ2v) is 6.08. The molecule has 0 spiro atoms. The Balaban J connectivity index is 2.83. The summed E-state index contributed by atoms with van der Waals surface area (Å²) >= 11 is 0. The van der Waals surface area contributed by atoms with Gasteiger partial charge in [-0.25, -0.2) is 0 Å². The number of hydrazine groups is 1. The maximum atomic E-state index is 5.72. The molecule has 0 heterocycles. The van der Waals surface area contributed by atoms with E-state index in [0.717, 1.165) is 6.42 Å². The van der Waals surface area contributed by atoms with E-state index in [9.17, 15) is 0 Å². The van der Waals surface area contributed by atoms with Crippen molar-refractivity contribution in [3.05, 3.63) is 35.4 Å². The van der Waals surface area contributed by atoms with Gasteiger partial charge in [0.25, 0.3) is 0 Å². The van der Waals surface area contributed by atoms with Crippen LogP contribution in [0.2, 0.25) is 0 Å². The SMILES string of the molecule is Cc1ccccc1C(CC(C)C(C)(C)C)NN. The van der Waals surface area contributed by atoms with Gasteiger partial charge in [-0.3, -0.25) is 11.3 Å². The average Bonchev–Trinajstić information content (AvgIpc) is 2.25. The minimum absolute atomic E-state index is 0.241. The second kappa shape index (κ2) is 5.65. The van der Waals surface area contributed by atoms with Gasteiger partial charge in [-0.15, -0.1) is 0 Å². The minimum atomic E-state index is 0.241. The molecule has 96 valence electrons. The molecule has 2 nitrogen and oxygen atoms in total. The molecule has 1 aromatic rings. The first-order valence-corrected chi connectivity index (χ1v) is 6.38. The number of hydrogen-bond acceptors (Lipinski definition) is 2. The summed E-state index contributed by atoms with van der Waals surface area (Å²) in [5, 5.41) is 0. The molecule has 1 rings (SSSR count). The number of benzene rings is 1. The van der Waals surface area contributed by atoms with Gasteiger partial charge in [-0.05, 0) is 35.8 Å². The lowest BCUT2D eigenvalue weighted by atomic mass is 9.77. The summed E-state index contributed by atoms with van der Waals surface area (Å²) in [4.78, 5) is 0. The Morgan fingerprint density at radius 2 is 1.82 bits per heavy atom. The number of nitrogens with two attached hydrogens (primary N) is 1. The fourth-order valence-corrected chi connectivity index (χ4v) is 1.97. The summed E-state index contributed by atoms with van der Waals surface area (Å²) in [7, 11) is 0. The van der Waals surface area contributed by atoms with Gasteiger partial charge >= 0.3 is 0 Å². The molecule has 17 heavy (non-hydrogen) atoms. The second-order valence-electron chi connectivity index (χ2n) is 6.08. The zero-order chi connectivity index (χ0) is 13.1. The number of aryl methyl sites for hydroxylation is 1. The van der Waals surface area contributed by atoms with Crippen molar-refractivity contribution >= 4 is 0 Å². The molecule has 0 aliphatic heterocycles. The summed E-state index contributed by atoms with van der Waals surface area (Å²) in [6.07, 6.45) is 1.06. The Hall–Kier alpha value is -0.860. The molecule has 3 N–H and O–H groups in total. The van der Waals surface area contributed by atoms with E-state index in [2.05, 4.69) is 64.3 Å². The predicted molar refractivity (Wildman–Crippen MR) is 74.5 cm³/mol. The van der Waals surface area contributed by atoms with Crippen LogP contribution in [-0.4, -0.2) is 0 Å². The fourth-order valence-electron chi connectivity index (χ4n) is 1.97. The summed E-state index contributed by atoms with van der Waals surface area (Å²) in [5.41, 5.74) is 5.89. The Morgan fingerprint density at radius 3 is 2.29 bits per heavy atom. The van der Waals surface area contributed by atoms with Crippen molar-refractivity contribution in [3.63, 3.8) is 0 Å². The summed E-state index contributed by atoms with van der Waals surface area (Å²) < 4.78 is 0. The quantitative estimate of drug-likeness (QED) is 0.617. The van der Waals surface area contributed by atoms with E-state index >= 15 is 0 Å². The van der Waals surface area contributed by atoms with E-state index in [0.29, 0.717) is 11.3 Å². The van der Waals surface area contributed by atoms with Crippen molar-refractivity contribution in [3.8, 4) is 0 Å². The number of nitrogens with one attached hydrogen (secondary N) is 1. The van der Waals surface area contributed by atoms with Crippen LogP contribution in [0, 0.1) is 18.3 Å². The van der Waals surface area contributed by atoms with Gasteiger partial charge in [-0.1, -0.05) is 52.0 Å². The number of hydrogen-bond donors (Lipinski definition) is 2. The normalized spacial score (nSPS) is 15.6. The predicted octanol–water partition coefficient (Wildman–Crippen LogP) is 3.57. The lowest BCUT2D eigenvalue weighted by Crippen LogP contribution is -2.32. The summed E-state index contributed by atoms with van der Waals surface area (Å²) in [6.45, 7) is 11.3. The van der Waals surface area contributed by atoms with Gasteiger partial charge in [0.2, 0.25) is 0 Å². The molecule has 2 unspecified atom stereocenters. The fraction of sp³-hybridized carbons (Fsp3) is 0.600. The monoisotopic (exact) mass is 234 g/mol. The highest BCUT2D eigenvalue weighted by Gasteiger charge is 2.24. The molecule has 0 amide bonds. The lowest BCUT2D eigenvalue weighted by Gasteiger charge is -2.31. The summed E-state index contributed by atoms with van der Waals surface area (Å²) in [6, 6.07) is 8.69. The molecule has 2 heteroatoms. The summed E-state index contributed by atoms with van der Waals surface area (Å²) in [5.74, 6) is 6.33. The Morgan fingerprint density at radius 1 is 1.24 bits per heavy atom. The van der Waals surface area contributed by atoms with Crippen molar-refractivity contribution in [2.24, 2.45) is 17.2 Å². The Labute approximate surface area is 106 Å². The third kappa shape index (κ3) is 3.83. The van der Waals surface area contributed by atoms with Crippen LogP contribution in [0.25, 0.3) is 0 Å². The average molecular weight is 234 g/mol. The van der Waals surface area contributed by atoms with Gasteiger partial charge in [0.1, 0.15) is 0 Å². The molecule has 2 atom stereocenters. The molecular weight excluding hydrogens is 208 g/mol. The highest BCUT2D eigenvalue weighted by Crippen LogP contribution is 2.33. The van der Waals surface area contributed by atoms with Crippen LogP contribution < -0.4 is 11.3 Å². The van der Waals surface area contributed by atoms with Crippen LogP contribution in [0.15, 0.2) is 24.3 Å². The zero-order valence-corrected chi connectivity index (χ0v) is 11.7. The van der Waals surface area contributed by atoms with Crippen LogP contribution in [0.5, 0.6) is 0 Å². The minimum Gasteiger partial charge on any atom is -0.271 e. The Kier molecular flexibility index (Phi) is 4.72. The molecule has 1 aromatic carbocycles. The van der Waals surface area contributed by atoms with Gasteiger partial charge in [0.05, 0.1) is 0 Å². The molecule has 0 aliphatic carbocycles. The maximum Gasteiger partial charge on any atom is 0.0465 e. The lowest BCUT2D eigenvalue weighted by molar-refractivity contribution is 0.223. The van der Waals surface area contributed by atoms with E-state index in [1.165, 1.54) is 11.1 Å². The van der Waals surface area contributed by atoms with E-state index in [1.54, 1.807) is 0 Å². The highest BCUT2D eigenvalue weighted by molar-refractivity contribution is 5.28. The molecule has 0 radical (unpaired) electrons. The van der Waals surface area contributed by atoms with Gasteiger partial charge in [0, 0.05) is 6.04 Å². The highest BCUT2D eigenvalue weighted by atomic mass is 15.2. The topological polar surface area (TPSA) is 38.0 Å². The molecule has 0 aliphatic rings. The zero-order valence-electron chi connectivity index (χ0n) is 11.7.